The molecule has 32 heavy (non-hydrogen) atoms. The molecule has 5 nitrogen and oxygen atoms in total. The normalized spacial score (nSPS) is 11.9. The molecule has 1 heterocycles. The maximum atomic E-state index is 13.2. The van der Waals surface area contributed by atoms with E-state index in [0.29, 0.717) is 5.69 Å². The van der Waals surface area contributed by atoms with Gasteiger partial charge in [-0.2, -0.15) is 10.2 Å². The van der Waals surface area contributed by atoms with Crippen LogP contribution in [0.5, 0.6) is 0 Å². The summed E-state index contributed by atoms with van der Waals surface area (Å²) in [6.45, 7) is 3.79. The van der Waals surface area contributed by atoms with Gasteiger partial charge in [0.2, 0.25) is 5.91 Å². The molecule has 3 rings (SSSR count). The SMILES string of the molecule is C/C=N\N=C(/C)CCc1ccc(NC(=O)/C=C/c2cnccc2-c2ccc(F)cc2)cc1. The second-order valence-electron chi connectivity index (χ2n) is 7.20. The minimum Gasteiger partial charge on any atom is -0.323 e. The molecule has 3 aromatic rings. The summed E-state index contributed by atoms with van der Waals surface area (Å²) < 4.78 is 13.2. The van der Waals surface area contributed by atoms with Crippen LogP contribution in [0.1, 0.15) is 31.4 Å². The van der Waals surface area contributed by atoms with Crippen LogP contribution in [0.3, 0.4) is 0 Å². The first-order valence-corrected chi connectivity index (χ1v) is 10.3. The van der Waals surface area contributed by atoms with Crippen molar-refractivity contribution >= 4 is 29.6 Å². The van der Waals surface area contributed by atoms with Gasteiger partial charge in [-0.05, 0) is 79.8 Å². The zero-order valence-corrected chi connectivity index (χ0v) is 18.1. The summed E-state index contributed by atoms with van der Waals surface area (Å²) in [5, 5.41) is 10.8. The van der Waals surface area contributed by atoms with E-state index in [0.717, 1.165) is 40.8 Å². The number of benzene rings is 2. The van der Waals surface area contributed by atoms with Crippen molar-refractivity contribution < 1.29 is 9.18 Å². The first-order valence-electron chi connectivity index (χ1n) is 10.3. The number of hydrogen-bond acceptors (Lipinski definition) is 4. The second kappa shape index (κ2) is 11.5. The number of nitrogens with one attached hydrogen (secondary N) is 1. The largest absolute Gasteiger partial charge is 0.323 e. The van der Waals surface area contributed by atoms with Crippen LogP contribution in [0.15, 0.2) is 83.3 Å². The quantitative estimate of drug-likeness (QED) is 0.274. The molecule has 0 saturated heterocycles. The molecule has 0 aliphatic heterocycles. The molecule has 0 fully saturated rings. The van der Waals surface area contributed by atoms with Gasteiger partial charge >= 0.3 is 0 Å². The molecular weight excluding hydrogens is 403 g/mol. The summed E-state index contributed by atoms with van der Waals surface area (Å²) in [6, 6.07) is 15.8. The average molecular weight is 429 g/mol. The maximum absolute atomic E-state index is 13.2. The van der Waals surface area contributed by atoms with Crippen molar-refractivity contribution in [3.63, 3.8) is 0 Å². The van der Waals surface area contributed by atoms with E-state index in [9.17, 15) is 9.18 Å². The zero-order valence-electron chi connectivity index (χ0n) is 18.1. The van der Waals surface area contributed by atoms with Gasteiger partial charge < -0.3 is 5.32 Å². The van der Waals surface area contributed by atoms with Crippen molar-refractivity contribution in [2.75, 3.05) is 5.32 Å². The van der Waals surface area contributed by atoms with E-state index in [1.165, 1.54) is 18.2 Å². The lowest BCUT2D eigenvalue weighted by Gasteiger charge is -2.07. The Morgan fingerprint density at radius 1 is 1.09 bits per heavy atom. The highest BCUT2D eigenvalue weighted by Crippen LogP contribution is 2.24. The summed E-state index contributed by atoms with van der Waals surface area (Å²) in [4.78, 5) is 16.5. The molecule has 0 bridgehead atoms. The molecule has 162 valence electrons. The Bertz CT molecular complexity index is 1130. The summed E-state index contributed by atoms with van der Waals surface area (Å²) in [5.41, 5.74) is 5.35. The fraction of sp³-hybridized carbons (Fsp3) is 0.154. The van der Waals surface area contributed by atoms with Crippen LogP contribution < -0.4 is 5.32 Å². The van der Waals surface area contributed by atoms with Gasteiger partial charge in [0.15, 0.2) is 0 Å². The topological polar surface area (TPSA) is 66.7 Å². The Kier molecular flexibility index (Phi) is 8.15. The predicted molar refractivity (Wildman–Crippen MR) is 129 cm³/mol. The molecule has 0 radical (unpaired) electrons. The number of rotatable bonds is 8. The lowest BCUT2D eigenvalue weighted by molar-refractivity contribution is -0.111. The van der Waals surface area contributed by atoms with Crippen LogP contribution >= 0.6 is 0 Å². The standard InChI is InChI=1S/C26H25FN4O/c1-3-29-31-19(2)4-5-20-6-13-24(14-7-20)30-26(32)15-10-22-18-28-17-16-25(22)21-8-11-23(27)12-9-21/h3,6-18H,4-5H2,1-2H3,(H,30,32)/b15-10+,29-3-,31-19+. The van der Waals surface area contributed by atoms with Crippen molar-refractivity contribution in [1.82, 2.24) is 4.98 Å². The Balaban J connectivity index is 1.61. The minimum absolute atomic E-state index is 0.243. The Hall–Kier alpha value is -3.93. The first kappa shape index (κ1) is 22.7. The summed E-state index contributed by atoms with van der Waals surface area (Å²) >= 11 is 0. The highest BCUT2D eigenvalue weighted by molar-refractivity contribution is 6.02. The van der Waals surface area contributed by atoms with E-state index in [1.54, 1.807) is 36.8 Å². The molecule has 0 aliphatic carbocycles. The van der Waals surface area contributed by atoms with E-state index in [1.807, 2.05) is 44.2 Å². The molecule has 2 aromatic carbocycles. The number of carbonyl (C=O) groups is 1. The van der Waals surface area contributed by atoms with Crippen molar-refractivity contribution in [2.45, 2.75) is 26.7 Å². The van der Waals surface area contributed by atoms with Crippen LogP contribution in [0.2, 0.25) is 0 Å². The van der Waals surface area contributed by atoms with Crippen LogP contribution in [-0.4, -0.2) is 22.8 Å². The molecule has 0 spiro atoms. The first-order chi connectivity index (χ1) is 15.5. The number of aromatic nitrogens is 1. The van der Waals surface area contributed by atoms with Gasteiger partial charge in [-0.15, -0.1) is 0 Å². The molecule has 1 amide bonds. The lowest BCUT2D eigenvalue weighted by Crippen LogP contribution is -2.07. The van der Waals surface area contributed by atoms with Gasteiger partial charge in [-0.25, -0.2) is 4.39 Å². The third-order valence-electron chi connectivity index (χ3n) is 4.76. The van der Waals surface area contributed by atoms with Crippen molar-refractivity contribution in [1.29, 1.82) is 0 Å². The van der Waals surface area contributed by atoms with Gasteiger partial charge in [0.1, 0.15) is 5.82 Å². The molecule has 1 N–H and O–H groups in total. The Labute approximate surface area is 187 Å². The number of carbonyl (C=O) groups excluding carboxylic acids is 1. The summed E-state index contributed by atoms with van der Waals surface area (Å²) in [7, 11) is 0. The van der Waals surface area contributed by atoms with E-state index in [-0.39, 0.29) is 11.7 Å². The number of aryl methyl sites for hydroxylation is 1. The van der Waals surface area contributed by atoms with Gasteiger partial charge in [-0.3, -0.25) is 9.78 Å². The maximum Gasteiger partial charge on any atom is 0.248 e. The van der Waals surface area contributed by atoms with E-state index in [2.05, 4.69) is 20.5 Å². The fourth-order valence-electron chi connectivity index (χ4n) is 3.07. The smallest absolute Gasteiger partial charge is 0.248 e. The van der Waals surface area contributed by atoms with Crippen LogP contribution in [-0.2, 0) is 11.2 Å². The van der Waals surface area contributed by atoms with Crippen molar-refractivity contribution in [2.24, 2.45) is 10.2 Å². The lowest BCUT2D eigenvalue weighted by atomic mass is 10.0. The minimum atomic E-state index is -0.292. The molecule has 0 saturated carbocycles. The number of anilines is 1. The summed E-state index contributed by atoms with van der Waals surface area (Å²) in [5.74, 6) is -0.536. The van der Waals surface area contributed by atoms with Crippen LogP contribution in [0.25, 0.3) is 17.2 Å². The molecule has 0 unspecified atom stereocenters. The van der Waals surface area contributed by atoms with Gasteiger partial charge in [-0.1, -0.05) is 24.3 Å². The summed E-state index contributed by atoms with van der Waals surface area (Å²) in [6.07, 6.45) is 9.86. The highest BCUT2D eigenvalue weighted by Gasteiger charge is 2.05. The van der Waals surface area contributed by atoms with Crippen LogP contribution in [0.4, 0.5) is 10.1 Å². The van der Waals surface area contributed by atoms with E-state index in [4.69, 9.17) is 0 Å². The number of halogens is 1. The third kappa shape index (κ3) is 6.80. The fourth-order valence-corrected chi connectivity index (χ4v) is 3.07. The second-order valence-corrected chi connectivity index (χ2v) is 7.20. The molecule has 6 heteroatoms. The van der Waals surface area contributed by atoms with Crippen molar-refractivity contribution in [3.05, 3.63) is 90.0 Å². The van der Waals surface area contributed by atoms with Gasteiger partial charge in [0, 0.05) is 41.6 Å². The monoisotopic (exact) mass is 428 g/mol. The Morgan fingerprint density at radius 3 is 2.56 bits per heavy atom. The number of pyridine rings is 1. The zero-order chi connectivity index (χ0) is 22.8. The number of nitrogens with zero attached hydrogens (tertiary/aromatic N) is 3. The average Bonchev–Trinajstić information content (AvgIpc) is 2.82. The van der Waals surface area contributed by atoms with Gasteiger partial charge in [0.05, 0.1) is 0 Å². The van der Waals surface area contributed by atoms with Crippen LogP contribution in [0, 0.1) is 5.82 Å². The van der Waals surface area contributed by atoms with Crippen molar-refractivity contribution in [3.8, 4) is 11.1 Å². The van der Waals surface area contributed by atoms with Gasteiger partial charge in [0.25, 0.3) is 0 Å². The molecule has 0 aliphatic rings. The highest BCUT2D eigenvalue weighted by atomic mass is 19.1. The molecule has 1 aromatic heterocycles. The third-order valence-corrected chi connectivity index (χ3v) is 4.76. The molecule has 0 atom stereocenters. The number of hydrogen-bond donors (Lipinski definition) is 1. The number of amides is 1. The van der Waals surface area contributed by atoms with E-state index >= 15 is 0 Å². The van der Waals surface area contributed by atoms with E-state index < -0.39 is 0 Å². The predicted octanol–water partition coefficient (Wildman–Crippen LogP) is 5.94. The molecular formula is C26H25FN4O. The Morgan fingerprint density at radius 2 is 1.84 bits per heavy atom.